The summed E-state index contributed by atoms with van der Waals surface area (Å²) < 4.78 is 0. The zero-order valence-electron chi connectivity index (χ0n) is 9.77. The Labute approximate surface area is 100 Å². The van der Waals surface area contributed by atoms with Crippen molar-refractivity contribution in [2.24, 2.45) is 0 Å². The van der Waals surface area contributed by atoms with Gasteiger partial charge in [-0.05, 0) is 12.5 Å². The minimum absolute atomic E-state index is 0.0724. The van der Waals surface area contributed by atoms with Crippen LogP contribution < -0.4 is 10.6 Å². The molecule has 90 valence electrons. The highest BCUT2D eigenvalue weighted by Crippen LogP contribution is 2.07. The SMILES string of the molecule is CC1CC(=O)NC(Cc2ccccc2)C(=O)N1. The van der Waals surface area contributed by atoms with Gasteiger partial charge in [0.05, 0.1) is 0 Å². The van der Waals surface area contributed by atoms with Gasteiger partial charge in [-0.2, -0.15) is 0 Å². The van der Waals surface area contributed by atoms with Crippen LogP contribution in [0.15, 0.2) is 30.3 Å². The van der Waals surface area contributed by atoms with E-state index in [4.69, 9.17) is 0 Å². The van der Waals surface area contributed by atoms with Gasteiger partial charge in [-0.3, -0.25) is 9.59 Å². The lowest BCUT2D eigenvalue weighted by Gasteiger charge is -2.15. The fourth-order valence-corrected chi connectivity index (χ4v) is 1.98. The molecule has 1 aromatic carbocycles. The van der Waals surface area contributed by atoms with Crippen molar-refractivity contribution in [3.05, 3.63) is 35.9 Å². The molecular weight excluding hydrogens is 216 g/mol. The van der Waals surface area contributed by atoms with Gasteiger partial charge < -0.3 is 10.6 Å². The number of hydrogen-bond donors (Lipinski definition) is 2. The summed E-state index contributed by atoms with van der Waals surface area (Å²) in [6, 6.07) is 9.12. The number of nitrogens with one attached hydrogen (secondary N) is 2. The minimum Gasteiger partial charge on any atom is -0.351 e. The lowest BCUT2D eigenvalue weighted by molar-refractivity contribution is -0.126. The highest BCUT2D eigenvalue weighted by Gasteiger charge is 2.27. The zero-order valence-corrected chi connectivity index (χ0v) is 9.77. The van der Waals surface area contributed by atoms with Crippen LogP contribution in [0.5, 0.6) is 0 Å². The molecule has 1 aromatic rings. The molecule has 2 rings (SSSR count). The number of carbonyl (C=O) groups is 2. The van der Waals surface area contributed by atoms with Crippen LogP contribution in [-0.2, 0) is 16.0 Å². The van der Waals surface area contributed by atoms with Gasteiger partial charge in [0, 0.05) is 18.9 Å². The van der Waals surface area contributed by atoms with Crippen LogP contribution in [0.1, 0.15) is 18.9 Å². The van der Waals surface area contributed by atoms with Gasteiger partial charge in [-0.1, -0.05) is 30.3 Å². The molecule has 0 aromatic heterocycles. The van der Waals surface area contributed by atoms with Crippen LogP contribution in [0, 0.1) is 0 Å². The molecule has 2 amide bonds. The van der Waals surface area contributed by atoms with E-state index in [-0.39, 0.29) is 17.9 Å². The maximum atomic E-state index is 11.8. The Bertz CT molecular complexity index is 417. The van der Waals surface area contributed by atoms with E-state index in [1.807, 2.05) is 37.3 Å². The molecule has 0 radical (unpaired) electrons. The topological polar surface area (TPSA) is 58.2 Å². The van der Waals surface area contributed by atoms with E-state index in [0.29, 0.717) is 12.8 Å². The first-order chi connectivity index (χ1) is 8.15. The summed E-state index contributed by atoms with van der Waals surface area (Å²) in [5, 5.41) is 5.58. The summed E-state index contributed by atoms with van der Waals surface area (Å²) in [6.07, 6.45) is 0.877. The Hall–Kier alpha value is -1.84. The van der Waals surface area contributed by atoms with E-state index in [1.54, 1.807) is 0 Å². The first-order valence-corrected chi connectivity index (χ1v) is 5.79. The van der Waals surface area contributed by atoms with Crippen molar-refractivity contribution in [1.82, 2.24) is 10.6 Å². The number of amides is 2. The summed E-state index contributed by atoms with van der Waals surface area (Å²) in [5.74, 6) is -0.177. The molecule has 0 aliphatic carbocycles. The van der Waals surface area contributed by atoms with Gasteiger partial charge in [-0.25, -0.2) is 0 Å². The maximum Gasteiger partial charge on any atom is 0.243 e. The quantitative estimate of drug-likeness (QED) is 0.785. The molecule has 1 saturated heterocycles. The molecule has 2 N–H and O–H groups in total. The monoisotopic (exact) mass is 232 g/mol. The van der Waals surface area contributed by atoms with Gasteiger partial charge in [0.25, 0.3) is 0 Å². The standard InChI is InChI=1S/C13H16N2O2/c1-9-7-12(16)15-11(13(17)14-9)8-10-5-3-2-4-6-10/h2-6,9,11H,7-8H2,1H3,(H,14,17)(H,15,16). The second-order valence-corrected chi connectivity index (χ2v) is 4.42. The van der Waals surface area contributed by atoms with E-state index in [1.165, 1.54) is 0 Å². The summed E-state index contributed by atoms with van der Waals surface area (Å²) in [6.45, 7) is 1.84. The van der Waals surface area contributed by atoms with Gasteiger partial charge in [0.1, 0.15) is 6.04 Å². The van der Waals surface area contributed by atoms with Crippen molar-refractivity contribution in [3.8, 4) is 0 Å². The molecule has 2 unspecified atom stereocenters. The second-order valence-electron chi connectivity index (χ2n) is 4.42. The van der Waals surface area contributed by atoms with Crippen molar-refractivity contribution in [1.29, 1.82) is 0 Å². The van der Waals surface area contributed by atoms with E-state index >= 15 is 0 Å². The Morgan fingerprint density at radius 1 is 1.18 bits per heavy atom. The Balaban J connectivity index is 2.09. The Morgan fingerprint density at radius 2 is 1.88 bits per heavy atom. The van der Waals surface area contributed by atoms with Crippen molar-refractivity contribution in [2.45, 2.75) is 31.8 Å². The molecule has 4 nitrogen and oxygen atoms in total. The third-order valence-electron chi connectivity index (χ3n) is 2.81. The third-order valence-corrected chi connectivity index (χ3v) is 2.81. The van der Waals surface area contributed by atoms with Crippen molar-refractivity contribution >= 4 is 11.8 Å². The first kappa shape index (κ1) is 11.6. The number of benzene rings is 1. The Morgan fingerprint density at radius 3 is 2.59 bits per heavy atom. The van der Waals surface area contributed by atoms with E-state index < -0.39 is 6.04 Å². The van der Waals surface area contributed by atoms with Crippen LogP contribution in [0.25, 0.3) is 0 Å². The third kappa shape index (κ3) is 3.06. The van der Waals surface area contributed by atoms with E-state index in [9.17, 15) is 9.59 Å². The maximum absolute atomic E-state index is 11.8. The first-order valence-electron chi connectivity index (χ1n) is 5.79. The van der Waals surface area contributed by atoms with Crippen LogP contribution in [0.3, 0.4) is 0 Å². The van der Waals surface area contributed by atoms with Gasteiger partial charge in [0.15, 0.2) is 0 Å². The molecule has 0 bridgehead atoms. The van der Waals surface area contributed by atoms with E-state index in [2.05, 4.69) is 10.6 Å². The van der Waals surface area contributed by atoms with Crippen LogP contribution >= 0.6 is 0 Å². The summed E-state index contributed by atoms with van der Waals surface area (Å²) >= 11 is 0. The molecule has 2 atom stereocenters. The molecule has 4 heteroatoms. The van der Waals surface area contributed by atoms with Gasteiger partial charge >= 0.3 is 0 Å². The molecule has 1 aliphatic rings. The smallest absolute Gasteiger partial charge is 0.243 e. The summed E-state index contributed by atoms with van der Waals surface area (Å²) in [5.41, 5.74) is 1.04. The van der Waals surface area contributed by atoms with Crippen LogP contribution in [-0.4, -0.2) is 23.9 Å². The lowest BCUT2D eigenvalue weighted by atomic mass is 10.1. The van der Waals surface area contributed by atoms with Gasteiger partial charge in [-0.15, -0.1) is 0 Å². The fourth-order valence-electron chi connectivity index (χ4n) is 1.98. The molecular formula is C13H16N2O2. The molecule has 1 heterocycles. The average Bonchev–Trinajstić information content (AvgIpc) is 2.39. The highest BCUT2D eigenvalue weighted by molar-refractivity contribution is 5.90. The molecule has 0 saturated carbocycles. The predicted molar refractivity (Wildman–Crippen MR) is 64.3 cm³/mol. The number of rotatable bonds is 2. The normalized spacial score (nSPS) is 24.8. The number of hydrogen-bond acceptors (Lipinski definition) is 2. The number of carbonyl (C=O) groups excluding carboxylic acids is 2. The van der Waals surface area contributed by atoms with Gasteiger partial charge in [0.2, 0.25) is 11.8 Å². The molecule has 17 heavy (non-hydrogen) atoms. The fraction of sp³-hybridized carbons (Fsp3) is 0.385. The average molecular weight is 232 g/mol. The highest BCUT2D eigenvalue weighted by atomic mass is 16.2. The van der Waals surface area contributed by atoms with Crippen LogP contribution in [0.4, 0.5) is 0 Å². The van der Waals surface area contributed by atoms with Crippen molar-refractivity contribution in [3.63, 3.8) is 0 Å². The molecule has 0 spiro atoms. The van der Waals surface area contributed by atoms with Crippen molar-refractivity contribution < 1.29 is 9.59 Å². The van der Waals surface area contributed by atoms with Crippen LogP contribution in [0.2, 0.25) is 0 Å². The minimum atomic E-state index is -0.463. The molecule has 1 aliphatic heterocycles. The second kappa shape index (κ2) is 4.99. The Kier molecular flexibility index (Phi) is 3.42. The lowest BCUT2D eigenvalue weighted by Crippen LogP contribution is -2.45. The zero-order chi connectivity index (χ0) is 12.3. The predicted octanol–water partition coefficient (Wildman–Crippen LogP) is 0.622. The molecule has 1 fully saturated rings. The van der Waals surface area contributed by atoms with Crippen molar-refractivity contribution in [2.75, 3.05) is 0 Å². The summed E-state index contributed by atoms with van der Waals surface area (Å²) in [7, 11) is 0. The van der Waals surface area contributed by atoms with E-state index in [0.717, 1.165) is 5.56 Å². The largest absolute Gasteiger partial charge is 0.351 e. The summed E-state index contributed by atoms with van der Waals surface area (Å²) in [4.78, 5) is 23.4.